The number of rotatable bonds is 1. The van der Waals surface area contributed by atoms with E-state index in [9.17, 15) is 9.90 Å². The molecule has 4 nitrogen and oxygen atoms in total. The van der Waals surface area contributed by atoms with E-state index >= 15 is 0 Å². The second kappa shape index (κ2) is 5.10. The molecule has 0 bridgehead atoms. The summed E-state index contributed by atoms with van der Waals surface area (Å²) < 4.78 is 0. The smallest absolute Gasteiger partial charge is 0.407 e. The Balaban J connectivity index is 2.29. The molecule has 5 heteroatoms. The maximum atomic E-state index is 11.3. The van der Waals surface area contributed by atoms with E-state index in [-0.39, 0.29) is 6.04 Å². The number of likely N-dealkylation sites (tertiary alicyclic amines) is 1. The monoisotopic (exact) mass is 266 g/mol. The Labute approximate surface area is 112 Å². The zero-order chi connectivity index (χ0) is 13.3. The van der Waals surface area contributed by atoms with Crippen LogP contribution >= 0.6 is 12.6 Å². The minimum atomic E-state index is -0.861. The quantitative estimate of drug-likeness (QED) is 0.540. The van der Waals surface area contributed by atoms with Gasteiger partial charge in [0.1, 0.15) is 0 Å². The second-order valence-corrected chi connectivity index (χ2v) is 5.43. The molecule has 1 heterocycles. The Morgan fingerprint density at radius 3 is 2.83 bits per heavy atom. The van der Waals surface area contributed by atoms with Gasteiger partial charge in [-0.2, -0.15) is 0 Å². The Bertz CT molecular complexity index is 464. The Hall–Kier alpha value is -1.36. The first-order valence-electron chi connectivity index (χ1n) is 6.07. The van der Waals surface area contributed by atoms with E-state index in [4.69, 9.17) is 5.73 Å². The van der Waals surface area contributed by atoms with Crippen LogP contribution in [0.5, 0.6) is 0 Å². The number of nitrogens with zero attached hydrogens (tertiary/aromatic N) is 1. The zero-order valence-electron chi connectivity index (χ0n) is 10.3. The number of piperidine rings is 1. The number of amides is 1. The van der Waals surface area contributed by atoms with Crippen molar-refractivity contribution in [3.05, 3.63) is 23.8 Å². The van der Waals surface area contributed by atoms with Crippen molar-refractivity contribution in [3.8, 4) is 0 Å². The molecule has 18 heavy (non-hydrogen) atoms. The van der Waals surface area contributed by atoms with Crippen LogP contribution in [0.25, 0.3) is 0 Å². The Morgan fingerprint density at radius 2 is 2.22 bits per heavy atom. The lowest BCUT2D eigenvalue weighted by atomic mass is 9.90. The third-order valence-corrected chi connectivity index (χ3v) is 3.91. The highest BCUT2D eigenvalue weighted by molar-refractivity contribution is 7.80. The van der Waals surface area contributed by atoms with E-state index in [1.165, 1.54) is 4.90 Å². The van der Waals surface area contributed by atoms with E-state index in [2.05, 4.69) is 19.6 Å². The summed E-state index contributed by atoms with van der Waals surface area (Å²) in [6.45, 7) is 2.67. The van der Waals surface area contributed by atoms with Crippen molar-refractivity contribution in [2.24, 2.45) is 5.92 Å². The summed E-state index contributed by atoms with van der Waals surface area (Å²) in [6, 6.07) is 5.48. The molecule has 0 saturated carbocycles. The lowest BCUT2D eigenvalue weighted by Gasteiger charge is -2.37. The van der Waals surface area contributed by atoms with Crippen LogP contribution in [0, 0.1) is 5.92 Å². The molecule has 1 aromatic carbocycles. The molecule has 98 valence electrons. The average molecular weight is 266 g/mol. The molecule has 1 aliphatic rings. The molecule has 3 N–H and O–H groups in total. The summed E-state index contributed by atoms with van der Waals surface area (Å²) in [7, 11) is 0. The SMILES string of the molecule is C[C@H]1CC[C@H](c2ccc(S)c(N)c2)N(C(=O)O)C1. The van der Waals surface area contributed by atoms with Crippen LogP contribution in [0.4, 0.5) is 10.5 Å². The molecule has 1 aromatic rings. The van der Waals surface area contributed by atoms with Gasteiger partial charge in [0.15, 0.2) is 0 Å². The molecule has 0 aliphatic carbocycles. The lowest BCUT2D eigenvalue weighted by molar-refractivity contribution is 0.0900. The number of thiol groups is 1. The van der Waals surface area contributed by atoms with Gasteiger partial charge < -0.3 is 15.7 Å². The number of hydrogen-bond donors (Lipinski definition) is 3. The van der Waals surface area contributed by atoms with E-state index in [0.717, 1.165) is 23.3 Å². The topological polar surface area (TPSA) is 66.6 Å². The van der Waals surface area contributed by atoms with Gasteiger partial charge in [-0.3, -0.25) is 0 Å². The van der Waals surface area contributed by atoms with Crippen molar-refractivity contribution in [1.29, 1.82) is 0 Å². The van der Waals surface area contributed by atoms with Crippen molar-refractivity contribution in [3.63, 3.8) is 0 Å². The highest BCUT2D eigenvalue weighted by atomic mass is 32.1. The van der Waals surface area contributed by atoms with Crippen LogP contribution < -0.4 is 5.73 Å². The summed E-state index contributed by atoms with van der Waals surface area (Å²) in [4.78, 5) is 13.6. The molecule has 1 aliphatic heterocycles. The van der Waals surface area contributed by atoms with E-state index in [1.807, 2.05) is 18.2 Å². The van der Waals surface area contributed by atoms with Gasteiger partial charge in [0.05, 0.1) is 6.04 Å². The molecule has 1 fully saturated rings. The molecule has 2 atom stereocenters. The Morgan fingerprint density at radius 1 is 1.50 bits per heavy atom. The first-order valence-corrected chi connectivity index (χ1v) is 6.51. The van der Waals surface area contributed by atoms with Gasteiger partial charge in [-0.1, -0.05) is 13.0 Å². The Kier molecular flexibility index (Phi) is 3.71. The number of benzene rings is 1. The predicted octanol–water partition coefficient (Wildman–Crippen LogP) is 3.01. The summed E-state index contributed by atoms with van der Waals surface area (Å²) in [5.41, 5.74) is 7.39. The number of carbonyl (C=O) groups is 1. The molecule has 0 spiro atoms. The van der Waals surface area contributed by atoms with Crippen LogP contribution in [0.3, 0.4) is 0 Å². The molecule has 1 saturated heterocycles. The van der Waals surface area contributed by atoms with Crippen molar-refractivity contribution in [2.75, 3.05) is 12.3 Å². The highest BCUT2D eigenvalue weighted by Gasteiger charge is 2.30. The van der Waals surface area contributed by atoms with Gasteiger partial charge >= 0.3 is 6.09 Å². The summed E-state index contributed by atoms with van der Waals surface area (Å²) in [6.07, 6.45) is 1.02. The lowest BCUT2D eigenvalue weighted by Crippen LogP contribution is -2.40. The van der Waals surface area contributed by atoms with Gasteiger partial charge in [-0.25, -0.2) is 4.79 Å². The van der Waals surface area contributed by atoms with Crippen molar-refractivity contribution in [2.45, 2.75) is 30.7 Å². The van der Waals surface area contributed by atoms with Crippen LogP contribution in [-0.4, -0.2) is 22.6 Å². The van der Waals surface area contributed by atoms with Gasteiger partial charge in [0.25, 0.3) is 0 Å². The fourth-order valence-corrected chi connectivity index (χ4v) is 2.63. The maximum Gasteiger partial charge on any atom is 0.407 e. The van der Waals surface area contributed by atoms with Gasteiger partial charge in [0, 0.05) is 17.1 Å². The normalized spacial score (nSPS) is 24.0. The average Bonchev–Trinajstić information content (AvgIpc) is 2.32. The standard InChI is InChI=1S/C13H18N2O2S/c1-8-2-4-11(15(7-8)13(16)17)9-3-5-12(18)10(14)6-9/h3,5-6,8,11,18H,2,4,7,14H2,1H3,(H,16,17)/t8-,11+/m0/s1. The first kappa shape index (κ1) is 13.1. The van der Waals surface area contributed by atoms with Gasteiger partial charge in [0.2, 0.25) is 0 Å². The van der Waals surface area contributed by atoms with E-state index in [1.54, 1.807) is 0 Å². The van der Waals surface area contributed by atoms with Gasteiger partial charge in [-0.05, 0) is 36.5 Å². The summed E-state index contributed by atoms with van der Waals surface area (Å²) in [5, 5.41) is 9.29. The number of anilines is 1. The molecule has 0 unspecified atom stereocenters. The predicted molar refractivity (Wildman–Crippen MR) is 74.0 cm³/mol. The van der Waals surface area contributed by atoms with Crippen LogP contribution in [0.1, 0.15) is 31.4 Å². The van der Waals surface area contributed by atoms with Crippen molar-refractivity contribution in [1.82, 2.24) is 4.90 Å². The molecular formula is C13H18N2O2S. The van der Waals surface area contributed by atoms with Crippen molar-refractivity contribution < 1.29 is 9.90 Å². The molecule has 0 radical (unpaired) electrons. The number of carboxylic acid groups (broad SMARTS) is 1. The minimum absolute atomic E-state index is 0.0880. The van der Waals surface area contributed by atoms with Crippen molar-refractivity contribution >= 4 is 24.4 Å². The summed E-state index contributed by atoms with van der Waals surface area (Å²) in [5.74, 6) is 0.416. The molecule has 2 rings (SSSR count). The zero-order valence-corrected chi connectivity index (χ0v) is 11.2. The van der Waals surface area contributed by atoms with E-state index < -0.39 is 6.09 Å². The largest absolute Gasteiger partial charge is 0.465 e. The summed E-state index contributed by atoms with van der Waals surface area (Å²) >= 11 is 4.23. The maximum absolute atomic E-state index is 11.3. The fraction of sp³-hybridized carbons (Fsp3) is 0.462. The van der Waals surface area contributed by atoms with Crippen LogP contribution in [-0.2, 0) is 0 Å². The molecular weight excluding hydrogens is 248 g/mol. The van der Waals surface area contributed by atoms with Crippen LogP contribution in [0.2, 0.25) is 0 Å². The first-order chi connectivity index (χ1) is 8.49. The number of nitrogens with two attached hydrogens (primary N) is 1. The molecule has 0 aromatic heterocycles. The number of nitrogen functional groups attached to an aromatic ring is 1. The number of hydrogen-bond acceptors (Lipinski definition) is 3. The van der Waals surface area contributed by atoms with Gasteiger partial charge in [-0.15, -0.1) is 12.6 Å². The highest BCUT2D eigenvalue weighted by Crippen LogP contribution is 2.34. The fourth-order valence-electron chi connectivity index (χ4n) is 2.49. The third kappa shape index (κ3) is 2.56. The minimum Gasteiger partial charge on any atom is -0.465 e. The molecule has 1 amide bonds. The third-order valence-electron chi connectivity index (χ3n) is 3.50. The van der Waals surface area contributed by atoms with E-state index in [0.29, 0.717) is 18.2 Å². The second-order valence-electron chi connectivity index (χ2n) is 4.95. The van der Waals surface area contributed by atoms with Crippen LogP contribution in [0.15, 0.2) is 23.1 Å².